The molecule has 2 aromatic carbocycles. The van der Waals surface area contributed by atoms with Gasteiger partial charge in [0.25, 0.3) is 10.0 Å². The number of benzene rings is 2. The number of halogens is 1. The first-order valence-electron chi connectivity index (χ1n) is 10.6. The fourth-order valence-electron chi connectivity index (χ4n) is 3.80. The van der Waals surface area contributed by atoms with Gasteiger partial charge in [-0.2, -0.15) is 0 Å². The molecule has 0 spiro atoms. The Balaban J connectivity index is 1.79. The highest BCUT2D eigenvalue weighted by Crippen LogP contribution is 2.34. The van der Waals surface area contributed by atoms with Gasteiger partial charge in [-0.1, -0.05) is 29.8 Å². The average molecular weight is 498 g/mol. The molecule has 0 bridgehead atoms. The summed E-state index contributed by atoms with van der Waals surface area (Å²) in [7, 11) is -3.93. The number of sulfonamides is 1. The molecule has 2 aromatic heterocycles. The van der Waals surface area contributed by atoms with Crippen LogP contribution in [-0.2, 0) is 10.0 Å². The average Bonchev–Trinajstić information content (AvgIpc) is 3.17. The Kier molecular flexibility index (Phi) is 6.09. The zero-order valence-electron chi connectivity index (χ0n) is 19.1. The zero-order valence-corrected chi connectivity index (χ0v) is 20.7. The van der Waals surface area contributed by atoms with Crippen molar-refractivity contribution in [2.75, 3.05) is 10.5 Å². The molecule has 0 aliphatic rings. The molecular weight excluding hydrogens is 474 g/mol. The normalized spacial score (nSPS) is 11.8. The number of carbonyl (C=O) groups is 1. The third kappa shape index (κ3) is 4.12. The van der Waals surface area contributed by atoms with Gasteiger partial charge in [0.1, 0.15) is 17.8 Å². The fraction of sp³-hybridized carbons (Fsp3) is 0.208. The largest absolute Gasteiger partial charge is 0.383 e. The third-order valence-electron chi connectivity index (χ3n) is 5.56. The molecule has 3 N–H and O–H groups in total. The summed E-state index contributed by atoms with van der Waals surface area (Å²) in [4.78, 5) is 22.0. The van der Waals surface area contributed by atoms with Crippen LogP contribution in [-0.4, -0.2) is 28.7 Å². The molecule has 4 rings (SSSR count). The van der Waals surface area contributed by atoms with Gasteiger partial charge in [-0.25, -0.2) is 18.4 Å². The smallest absolute Gasteiger partial charge is 0.262 e. The molecular formula is C24H24ClN5O3S. The van der Waals surface area contributed by atoms with Crippen molar-refractivity contribution in [3.8, 4) is 0 Å². The van der Waals surface area contributed by atoms with Gasteiger partial charge < -0.3 is 10.3 Å². The van der Waals surface area contributed by atoms with Crippen LogP contribution in [0.4, 0.5) is 11.5 Å². The Morgan fingerprint density at radius 3 is 2.56 bits per heavy atom. The number of nitrogens with one attached hydrogen (secondary N) is 1. The minimum atomic E-state index is -3.93. The van der Waals surface area contributed by atoms with E-state index in [1.54, 1.807) is 37.4 Å². The molecule has 0 amide bonds. The predicted molar refractivity (Wildman–Crippen MR) is 134 cm³/mol. The molecule has 0 atom stereocenters. The molecule has 34 heavy (non-hydrogen) atoms. The van der Waals surface area contributed by atoms with Crippen LogP contribution in [0, 0.1) is 13.8 Å². The van der Waals surface area contributed by atoms with E-state index in [0.29, 0.717) is 22.2 Å². The number of ketones is 1. The maximum Gasteiger partial charge on any atom is 0.262 e. The Hall–Kier alpha value is -3.43. The highest BCUT2D eigenvalue weighted by molar-refractivity contribution is 7.92. The van der Waals surface area contributed by atoms with Crippen molar-refractivity contribution in [3.05, 3.63) is 76.2 Å². The molecule has 4 aromatic rings. The number of aryl methyl sites for hydroxylation is 2. The van der Waals surface area contributed by atoms with Crippen LogP contribution < -0.4 is 10.5 Å². The first-order valence-corrected chi connectivity index (χ1v) is 12.4. The van der Waals surface area contributed by atoms with Crippen LogP contribution in [0.2, 0.25) is 5.02 Å². The van der Waals surface area contributed by atoms with Gasteiger partial charge in [-0.05, 0) is 57.0 Å². The fourth-order valence-corrected chi connectivity index (χ4v) is 5.52. The Morgan fingerprint density at radius 2 is 1.85 bits per heavy atom. The molecule has 0 radical (unpaired) electrons. The summed E-state index contributed by atoms with van der Waals surface area (Å²) < 4.78 is 30.5. The van der Waals surface area contributed by atoms with Crippen molar-refractivity contribution in [1.82, 2.24) is 14.5 Å². The van der Waals surface area contributed by atoms with E-state index in [1.165, 1.54) is 12.4 Å². The Bertz CT molecular complexity index is 1540. The molecule has 10 heteroatoms. The van der Waals surface area contributed by atoms with Crippen LogP contribution in [0.25, 0.3) is 11.0 Å². The Morgan fingerprint density at radius 1 is 1.12 bits per heavy atom. The lowest BCUT2D eigenvalue weighted by molar-refractivity contribution is 0.104. The molecule has 0 aliphatic carbocycles. The van der Waals surface area contributed by atoms with Gasteiger partial charge in [-0.3, -0.25) is 9.52 Å². The number of hydrogen-bond donors (Lipinski definition) is 2. The summed E-state index contributed by atoms with van der Waals surface area (Å²) in [5.41, 5.74) is 8.55. The number of nitrogens with two attached hydrogens (primary N) is 1. The van der Waals surface area contributed by atoms with Crippen LogP contribution >= 0.6 is 11.6 Å². The van der Waals surface area contributed by atoms with E-state index in [1.807, 2.05) is 31.4 Å². The second kappa shape index (κ2) is 8.73. The predicted octanol–water partition coefficient (Wildman–Crippen LogP) is 4.90. The van der Waals surface area contributed by atoms with E-state index in [4.69, 9.17) is 17.3 Å². The van der Waals surface area contributed by atoms with Crippen molar-refractivity contribution in [2.45, 2.75) is 38.6 Å². The van der Waals surface area contributed by atoms with Crippen molar-refractivity contribution in [1.29, 1.82) is 0 Å². The topological polar surface area (TPSA) is 120 Å². The van der Waals surface area contributed by atoms with Gasteiger partial charge in [0, 0.05) is 17.8 Å². The van der Waals surface area contributed by atoms with Crippen LogP contribution in [0.1, 0.15) is 46.9 Å². The van der Waals surface area contributed by atoms with Gasteiger partial charge in [0.15, 0.2) is 5.78 Å². The van der Waals surface area contributed by atoms with Crippen molar-refractivity contribution >= 4 is 49.9 Å². The monoisotopic (exact) mass is 497 g/mol. The zero-order chi connectivity index (χ0) is 24.8. The van der Waals surface area contributed by atoms with Crippen molar-refractivity contribution in [3.63, 3.8) is 0 Å². The van der Waals surface area contributed by atoms with E-state index >= 15 is 0 Å². The van der Waals surface area contributed by atoms with E-state index in [-0.39, 0.29) is 33.0 Å². The number of nitrogens with zero attached hydrogens (tertiary/aromatic N) is 3. The number of carbonyl (C=O) groups excluding carboxylic acids is 1. The number of aromatic nitrogens is 3. The number of nitrogen functional groups attached to an aromatic ring is 1. The highest BCUT2D eigenvalue weighted by Gasteiger charge is 2.25. The first-order chi connectivity index (χ1) is 16.0. The molecule has 0 saturated carbocycles. The number of rotatable bonds is 6. The summed E-state index contributed by atoms with van der Waals surface area (Å²) in [5, 5.41) is 0.417. The van der Waals surface area contributed by atoms with Crippen LogP contribution in [0.5, 0.6) is 0 Å². The summed E-state index contributed by atoms with van der Waals surface area (Å²) in [5.74, 6) is -0.237. The van der Waals surface area contributed by atoms with E-state index < -0.39 is 15.8 Å². The molecule has 0 saturated heterocycles. The minimum absolute atomic E-state index is 0.0118. The Labute approximate surface area is 202 Å². The van der Waals surface area contributed by atoms with E-state index in [2.05, 4.69) is 14.7 Å². The second-order valence-electron chi connectivity index (χ2n) is 8.37. The lowest BCUT2D eigenvalue weighted by Gasteiger charge is -2.14. The lowest BCUT2D eigenvalue weighted by Crippen LogP contribution is -2.15. The maximum absolute atomic E-state index is 13.6. The summed E-state index contributed by atoms with van der Waals surface area (Å²) in [6, 6.07) is 9.80. The number of fused-ring (bicyclic) bond motifs is 1. The second-order valence-corrected chi connectivity index (χ2v) is 10.4. The van der Waals surface area contributed by atoms with E-state index in [9.17, 15) is 13.2 Å². The van der Waals surface area contributed by atoms with Gasteiger partial charge >= 0.3 is 0 Å². The molecule has 0 fully saturated rings. The summed E-state index contributed by atoms with van der Waals surface area (Å²) >= 11 is 6.56. The lowest BCUT2D eigenvalue weighted by atomic mass is 10.0. The SMILES string of the molecule is Cc1ccc(C)c(S(=O)(=O)Nc2cccc(C(=O)c3cn(C(C)C)c4ncnc(N)c34)c2Cl)c1. The van der Waals surface area contributed by atoms with Crippen molar-refractivity contribution < 1.29 is 13.2 Å². The van der Waals surface area contributed by atoms with Gasteiger partial charge in [0.2, 0.25) is 0 Å². The van der Waals surface area contributed by atoms with Gasteiger partial charge in [0.05, 0.1) is 26.6 Å². The van der Waals surface area contributed by atoms with Crippen molar-refractivity contribution in [2.24, 2.45) is 0 Å². The van der Waals surface area contributed by atoms with Crippen LogP contribution in [0.15, 0.2) is 53.8 Å². The molecule has 0 unspecified atom stereocenters. The number of hydrogen-bond acceptors (Lipinski definition) is 6. The first kappa shape index (κ1) is 23.7. The van der Waals surface area contributed by atoms with Gasteiger partial charge in [-0.15, -0.1) is 0 Å². The minimum Gasteiger partial charge on any atom is -0.383 e. The third-order valence-corrected chi connectivity index (χ3v) is 7.48. The number of anilines is 2. The quantitative estimate of drug-likeness (QED) is 0.366. The van der Waals surface area contributed by atoms with E-state index in [0.717, 1.165) is 5.56 Å². The van der Waals surface area contributed by atoms with Crippen LogP contribution in [0.3, 0.4) is 0 Å². The molecule has 2 heterocycles. The molecule has 8 nitrogen and oxygen atoms in total. The maximum atomic E-state index is 13.6. The summed E-state index contributed by atoms with van der Waals surface area (Å²) in [6.45, 7) is 7.45. The molecule has 176 valence electrons. The highest BCUT2D eigenvalue weighted by atomic mass is 35.5. The standard InChI is InChI=1S/C24H24ClN5O3S/c1-13(2)30-11-17(20-23(26)27-12-28-24(20)30)22(31)16-6-5-7-18(21(16)25)29-34(32,33)19-10-14(3)8-9-15(19)4/h5-13,29H,1-4H3,(H2,26,27,28). The molecule has 0 aliphatic heterocycles. The summed E-state index contributed by atoms with van der Waals surface area (Å²) in [6.07, 6.45) is 3.02.